The number of nitrogens with zero attached hydrogens (tertiary/aromatic N) is 3. The number of methoxy groups -OCH3 is 1. The molecule has 0 saturated carbocycles. The van der Waals surface area contributed by atoms with Gasteiger partial charge in [0, 0.05) is 58.6 Å². The van der Waals surface area contributed by atoms with E-state index in [-0.39, 0.29) is 52.6 Å². The number of fused-ring (bicyclic) bond motifs is 6. The van der Waals surface area contributed by atoms with Crippen molar-refractivity contribution < 1.29 is 41.2 Å². The van der Waals surface area contributed by atoms with Crippen LogP contribution in [0, 0.1) is 28.7 Å². The molecule has 2 heterocycles. The monoisotopic (exact) mass is 827 g/mol. The van der Waals surface area contributed by atoms with E-state index in [1.165, 1.54) is 0 Å². The molecular formula is C50H47N3O3Zr. The van der Waals surface area contributed by atoms with E-state index in [1.54, 1.807) is 7.11 Å². The van der Waals surface area contributed by atoms with Gasteiger partial charge in [-0.1, -0.05) is 91.0 Å². The summed E-state index contributed by atoms with van der Waals surface area (Å²) in [7, 11) is 1.71. The number of para-hydroxylation sites is 5. The number of aromatic nitrogens is 2. The average molecular weight is 829 g/mol. The molecule has 2 N–H and O–H groups in total. The Morgan fingerprint density at radius 2 is 0.930 bits per heavy atom. The normalized spacial score (nSPS) is 11.1. The number of phenols is 2. The second-order valence-electron chi connectivity index (χ2n) is 14.1. The van der Waals surface area contributed by atoms with Crippen LogP contribution < -0.4 is 4.90 Å². The summed E-state index contributed by atoms with van der Waals surface area (Å²) in [6.07, 6.45) is 0.718. The van der Waals surface area contributed by atoms with Crippen molar-refractivity contribution in [2.24, 2.45) is 0 Å². The van der Waals surface area contributed by atoms with Crippen LogP contribution in [-0.4, -0.2) is 39.6 Å². The number of rotatable bonds is 9. The fourth-order valence-electron chi connectivity index (χ4n) is 8.29. The molecule has 9 rings (SSSR count). The Balaban J connectivity index is 0.00000183. The number of hydrogen-bond acceptors (Lipinski definition) is 4. The summed E-state index contributed by atoms with van der Waals surface area (Å²) in [6.45, 7) is 5.27. The Morgan fingerprint density at radius 1 is 0.509 bits per heavy atom. The molecule has 0 atom stereocenters. The molecule has 0 bridgehead atoms. The van der Waals surface area contributed by atoms with Gasteiger partial charge in [-0.2, -0.15) is 0 Å². The van der Waals surface area contributed by atoms with Crippen molar-refractivity contribution in [2.75, 3.05) is 25.2 Å². The first-order valence-electron chi connectivity index (χ1n) is 18.4. The SMILES string of the molecule is COCCCN(c1ccccc1-c1cc(C)cc(-n2c3ccccc3c3ccccc32)c1O)c1cc(C)cc(-n2c3ccccc3c3ccccc32)c1O.[CH3-].[CH3-].[Zr+2]. The van der Waals surface area contributed by atoms with E-state index in [9.17, 15) is 10.2 Å². The Bertz CT molecular complexity index is 2770. The van der Waals surface area contributed by atoms with Gasteiger partial charge < -0.3 is 43.8 Å². The van der Waals surface area contributed by atoms with E-state index in [4.69, 9.17) is 4.74 Å². The van der Waals surface area contributed by atoms with Gasteiger partial charge in [-0.3, -0.25) is 0 Å². The molecule has 0 unspecified atom stereocenters. The Hall–Kier alpha value is -5.62. The molecule has 2 aromatic heterocycles. The smallest absolute Gasteiger partial charge is 0.505 e. The first-order valence-corrected chi connectivity index (χ1v) is 18.4. The van der Waals surface area contributed by atoms with Crippen molar-refractivity contribution in [3.8, 4) is 34.0 Å². The van der Waals surface area contributed by atoms with Gasteiger partial charge in [-0.25, -0.2) is 0 Å². The van der Waals surface area contributed by atoms with Crippen molar-refractivity contribution in [1.29, 1.82) is 0 Å². The zero-order valence-electron chi connectivity index (χ0n) is 33.1. The molecule has 6 nitrogen and oxygen atoms in total. The van der Waals surface area contributed by atoms with Crippen molar-refractivity contribution in [3.63, 3.8) is 0 Å². The number of phenolic OH excluding ortho intramolecular Hbond substituents is 2. The minimum absolute atomic E-state index is 0. The zero-order chi connectivity index (χ0) is 36.9. The van der Waals surface area contributed by atoms with Gasteiger partial charge in [0.1, 0.15) is 5.75 Å². The first kappa shape index (κ1) is 41.0. The number of hydrogen-bond donors (Lipinski definition) is 2. The van der Waals surface area contributed by atoms with Crippen LogP contribution in [0.4, 0.5) is 11.4 Å². The Morgan fingerprint density at radius 3 is 1.42 bits per heavy atom. The fourth-order valence-corrected chi connectivity index (χ4v) is 8.29. The van der Waals surface area contributed by atoms with Gasteiger partial charge in [0.2, 0.25) is 0 Å². The first-order chi connectivity index (χ1) is 26.4. The molecule has 0 spiro atoms. The number of benzene rings is 7. The van der Waals surface area contributed by atoms with Gasteiger partial charge in [0.15, 0.2) is 5.75 Å². The number of aromatic hydroxyl groups is 2. The molecule has 9 aromatic rings. The van der Waals surface area contributed by atoms with Crippen LogP contribution in [0.2, 0.25) is 0 Å². The predicted molar refractivity (Wildman–Crippen MR) is 236 cm³/mol. The van der Waals surface area contributed by atoms with Crippen LogP contribution in [0.5, 0.6) is 11.5 Å². The van der Waals surface area contributed by atoms with Crippen LogP contribution in [-0.2, 0) is 30.9 Å². The summed E-state index contributed by atoms with van der Waals surface area (Å²) < 4.78 is 9.87. The summed E-state index contributed by atoms with van der Waals surface area (Å²) in [5, 5.41) is 29.4. The standard InChI is InChI=1S/C48H41N3O3.2CH3.Zr/c1-31-27-38(47(52)45(29-31)50-40-21-10-5-15-33(40)34-16-6-11-22-41(34)50)37-19-4-9-20-39(37)49(25-14-26-54-3)44-28-32(2)30-46(48(44)53)51-42-23-12-7-17-35(42)36-18-8-13-24-43(36)51;;;/h4-13,15-24,27-30,52-53H,14,25-26H2,1-3H3;2*1H3;/q;2*-1;+2. The second-order valence-corrected chi connectivity index (χ2v) is 14.1. The van der Waals surface area contributed by atoms with Crippen LogP contribution in [0.25, 0.3) is 66.1 Å². The van der Waals surface area contributed by atoms with E-state index >= 15 is 0 Å². The van der Waals surface area contributed by atoms with Crippen molar-refractivity contribution >= 4 is 55.0 Å². The predicted octanol–water partition coefficient (Wildman–Crippen LogP) is 12.6. The zero-order valence-corrected chi connectivity index (χ0v) is 35.6. The third-order valence-electron chi connectivity index (χ3n) is 10.6. The molecule has 0 saturated heterocycles. The minimum atomic E-state index is 0. The van der Waals surface area contributed by atoms with Crippen LogP contribution in [0.15, 0.2) is 146 Å². The molecule has 0 fully saturated rings. The van der Waals surface area contributed by atoms with E-state index < -0.39 is 0 Å². The molecule has 7 aromatic carbocycles. The third kappa shape index (κ3) is 6.94. The van der Waals surface area contributed by atoms with Crippen molar-refractivity contribution in [1.82, 2.24) is 9.13 Å². The van der Waals surface area contributed by atoms with Crippen molar-refractivity contribution in [2.45, 2.75) is 20.3 Å². The Labute approximate surface area is 354 Å². The van der Waals surface area contributed by atoms with Gasteiger partial charge >= 0.3 is 26.2 Å². The quantitative estimate of drug-likeness (QED) is 0.112. The second kappa shape index (κ2) is 16.9. The molecule has 0 amide bonds. The molecular weight excluding hydrogens is 782 g/mol. The number of ether oxygens (including phenoxy) is 1. The maximum Gasteiger partial charge on any atom is 2.00 e. The number of aryl methyl sites for hydroxylation is 2. The number of anilines is 2. The van der Waals surface area contributed by atoms with Crippen molar-refractivity contribution in [3.05, 3.63) is 172 Å². The molecule has 0 aliphatic heterocycles. The van der Waals surface area contributed by atoms with E-state index in [1.807, 2.05) is 36.4 Å². The topological polar surface area (TPSA) is 62.8 Å². The minimum Gasteiger partial charge on any atom is -0.505 e. The molecule has 7 heteroatoms. The van der Waals surface area contributed by atoms with E-state index in [0.717, 1.165) is 78.1 Å². The van der Waals surface area contributed by atoms with Gasteiger partial charge in [0.25, 0.3) is 0 Å². The van der Waals surface area contributed by atoms with E-state index in [0.29, 0.717) is 30.1 Å². The maximum atomic E-state index is 12.5. The van der Waals surface area contributed by atoms with Crippen LogP contribution in [0.3, 0.4) is 0 Å². The third-order valence-corrected chi connectivity index (χ3v) is 10.6. The maximum absolute atomic E-state index is 12.5. The average Bonchev–Trinajstić information content (AvgIpc) is 3.71. The van der Waals surface area contributed by atoms with Crippen LogP contribution >= 0.6 is 0 Å². The summed E-state index contributed by atoms with van der Waals surface area (Å²) in [4.78, 5) is 2.18. The summed E-state index contributed by atoms with van der Waals surface area (Å²) in [6, 6.07) is 49.8. The molecule has 284 valence electrons. The molecule has 57 heavy (non-hydrogen) atoms. The fraction of sp³-hybridized carbons (Fsp3) is 0.120. The van der Waals surface area contributed by atoms with Gasteiger partial charge in [-0.05, 0) is 86.0 Å². The van der Waals surface area contributed by atoms with Gasteiger partial charge in [-0.15, -0.1) is 0 Å². The van der Waals surface area contributed by atoms with Crippen LogP contribution in [0.1, 0.15) is 17.5 Å². The van der Waals surface area contributed by atoms with Gasteiger partial charge in [0.05, 0.1) is 39.1 Å². The summed E-state index contributed by atoms with van der Waals surface area (Å²) in [5.41, 5.74) is 10.7. The summed E-state index contributed by atoms with van der Waals surface area (Å²) >= 11 is 0. The van der Waals surface area contributed by atoms with E-state index in [2.05, 4.69) is 137 Å². The Kier molecular flexibility index (Phi) is 12.1. The molecule has 0 aliphatic carbocycles. The summed E-state index contributed by atoms with van der Waals surface area (Å²) in [5.74, 6) is 0.370. The largest absolute Gasteiger partial charge is 2.00 e. The molecule has 0 radical (unpaired) electrons. The molecule has 0 aliphatic rings.